The van der Waals surface area contributed by atoms with Gasteiger partial charge in [-0.15, -0.1) is 0 Å². The van der Waals surface area contributed by atoms with Crippen LogP contribution < -0.4 is 10.5 Å². The second-order valence-corrected chi connectivity index (χ2v) is 4.23. The van der Waals surface area contributed by atoms with E-state index in [0.29, 0.717) is 22.6 Å². The molecule has 0 amide bonds. The molecule has 2 N–H and O–H groups in total. The molecule has 0 atom stereocenters. The quantitative estimate of drug-likeness (QED) is 0.858. The third-order valence-electron chi connectivity index (χ3n) is 2.76. The van der Waals surface area contributed by atoms with Gasteiger partial charge >= 0.3 is 0 Å². The van der Waals surface area contributed by atoms with Crippen LogP contribution in [0.1, 0.15) is 16.7 Å². The summed E-state index contributed by atoms with van der Waals surface area (Å²) in [5.74, 6) is 0.267. The van der Waals surface area contributed by atoms with Gasteiger partial charge in [0, 0.05) is 11.3 Å². The maximum Gasteiger partial charge on any atom is 0.129 e. The monoisotopic (exact) mass is 256 g/mol. The van der Waals surface area contributed by atoms with Crippen LogP contribution in [0.15, 0.2) is 36.4 Å². The van der Waals surface area contributed by atoms with Crippen LogP contribution in [0.5, 0.6) is 5.75 Å². The molecule has 0 unspecified atom stereocenters. The highest BCUT2D eigenvalue weighted by atomic mass is 19.1. The van der Waals surface area contributed by atoms with E-state index in [1.807, 2.05) is 13.0 Å². The van der Waals surface area contributed by atoms with Crippen molar-refractivity contribution in [3.05, 3.63) is 58.9 Å². The number of rotatable bonds is 3. The van der Waals surface area contributed by atoms with E-state index < -0.39 is 0 Å². The molecule has 0 spiro atoms. The molecule has 96 valence electrons. The highest BCUT2D eigenvalue weighted by molar-refractivity contribution is 5.47. The van der Waals surface area contributed by atoms with Gasteiger partial charge in [-0.05, 0) is 48.9 Å². The maximum atomic E-state index is 13.6. The number of hydrogen-bond acceptors (Lipinski definition) is 3. The molecule has 4 heteroatoms. The molecule has 0 saturated heterocycles. The number of anilines is 1. The number of nitrogen functional groups attached to an aromatic ring is 1. The molecule has 0 aliphatic heterocycles. The van der Waals surface area contributed by atoms with Gasteiger partial charge in [-0.25, -0.2) is 4.39 Å². The highest BCUT2D eigenvalue weighted by Crippen LogP contribution is 2.22. The van der Waals surface area contributed by atoms with E-state index in [4.69, 9.17) is 15.7 Å². The third kappa shape index (κ3) is 3.02. The molecule has 0 aromatic heterocycles. The summed E-state index contributed by atoms with van der Waals surface area (Å²) in [7, 11) is 0. The fourth-order valence-corrected chi connectivity index (χ4v) is 1.74. The zero-order valence-electron chi connectivity index (χ0n) is 10.5. The first kappa shape index (κ1) is 12.9. The molecule has 2 rings (SSSR count). The van der Waals surface area contributed by atoms with E-state index in [2.05, 4.69) is 0 Å². The van der Waals surface area contributed by atoms with E-state index >= 15 is 0 Å². The van der Waals surface area contributed by atoms with E-state index in [-0.39, 0.29) is 12.4 Å². The lowest BCUT2D eigenvalue weighted by atomic mass is 10.1. The average Bonchev–Trinajstić information content (AvgIpc) is 2.39. The lowest BCUT2D eigenvalue weighted by Crippen LogP contribution is -2.00. The molecule has 0 radical (unpaired) electrons. The second kappa shape index (κ2) is 5.40. The van der Waals surface area contributed by atoms with Gasteiger partial charge in [-0.1, -0.05) is 0 Å². The molecule has 0 aliphatic carbocycles. The predicted octanol–water partition coefficient (Wildman–Crippen LogP) is 3.17. The number of nitrogens with zero attached hydrogens (tertiary/aromatic N) is 1. The van der Waals surface area contributed by atoms with Gasteiger partial charge in [-0.3, -0.25) is 0 Å². The minimum Gasteiger partial charge on any atom is -0.489 e. The standard InChI is InChI=1S/C15H13FN2O/c1-10-6-13(18)3-5-15(10)19-9-12-7-11(8-17)2-4-14(12)16/h2-7H,9,18H2,1H3. The van der Waals surface area contributed by atoms with Gasteiger partial charge in [0.05, 0.1) is 11.6 Å². The van der Waals surface area contributed by atoms with Crippen LogP contribution in [0.4, 0.5) is 10.1 Å². The summed E-state index contributed by atoms with van der Waals surface area (Å²) in [6.45, 7) is 1.94. The Morgan fingerprint density at radius 1 is 1.26 bits per heavy atom. The number of nitriles is 1. The van der Waals surface area contributed by atoms with Crippen molar-refractivity contribution >= 4 is 5.69 Å². The topological polar surface area (TPSA) is 59.0 Å². The van der Waals surface area contributed by atoms with Gasteiger partial charge in [0.15, 0.2) is 0 Å². The summed E-state index contributed by atoms with van der Waals surface area (Å²) in [5.41, 5.74) is 7.95. The van der Waals surface area contributed by atoms with Crippen LogP contribution in [0.3, 0.4) is 0 Å². The van der Waals surface area contributed by atoms with Gasteiger partial charge in [0.25, 0.3) is 0 Å². The minimum atomic E-state index is -0.382. The molecule has 2 aromatic rings. The van der Waals surface area contributed by atoms with E-state index in [1.165, 1.54) is 18.2 Å². The molecular weight excluding hydrogens is 243 g/mol. The van der Waals surface area contributed by atoms with Gasteiger partial charge in [0.1, 0.15) is 18.2 Å². The van der Waals surface area contributed by atoms with Crippen LogP contribution in [-0.4, -0.2) is 0 Å². The van der Waals surface area contributed by atoms with Crippen molar-refractivity contribution in [1.29, 1.82) is 5.26 Å². The fourth-order valence-electron chi connectivity index (χ4n) is 1.74. The Kier molecular flexibility index (Phi) is 3.67. The normalized spacial score (nSPS) is 9.95. The van der Waals surface area contributed by atoms with Crippen molar-refractivity contribution < 1.29 is 9.13 Å². The Bertz CT molecular complexity index is 647. The second-order valence-electron chi connectivity index (χ2n) is 4.23. The number of halogens is 1. The first-order valence-electron chi connectivity index (χ1n) is 5.77. The zero-order chi connectivity index (χ0) is 13.8. The Labute approximate surface area is 111 Å². The van der Waals surface area contributed by atoms with E-state index in [0.717, 1.165) is 5.56 Å². The van der Waals surface area contributed by atoms with Crippen molar-refractivity contribution in [2.24, 2.45) is 0 Å². The van der Waals surface area contributed by atoms with Gasteiger partial charge < -0.3 is 10.5 Å². The van der Waals surface area contributed by atoms with Crippen molar-refractivity contribution in [2.75, 3.05) is 5.73 Å². The maximum absolute atomic E-state index is 13.6. The molecule has 0 aliphatic rings. The smallest absolute Gasteiger partial charge is 0.129 e. The lowest BCUT2D eigenvalue weighted by molar-refractivity contribution is 0.298. The van der Waals surface area contributed by atoms with Crippen molar-refractivity contribution in [2.45, 2.75) is 13.5 Å². The summed E-state index contributed by atoms with van der Waals surface area (Å²) in [4.78, 5) is 0. The lowest BCUT2D eigenvalue weighted by Gasteiger charge is -2.10. The Hall–Kier alpha value is -2.54. The van der Waals surface area contributed by atoms with Crippen molar-refractivity contribution in [3.8, 4) is 11.8 Å². The highest BCUT2D eigenvalue weighted by Gasteiger charge is 2.06. The number of nitrogens with two attached hydrogens (primary N) is 1. The first-order chi connectivity index (χ1) is 9.10. The summed E-state index contributed by atoms with van der Waals surface area (Å²) in [6.07, 6.45) is 0. The summed E-state index contributed by atoms with van der Waals surface area (Å²) in [5, 5.41) is 8.79. The van der Waals surface area contributed by atoms with Gasteiger partial charge in [0.2, 0.25) is 0 Å². The predicted molar refractivity (Wildman–Crippen MR) is 71.0 cm³/mol. The molecule has 2 aromatic carbocycles. The Morgan fingerprint density at radius 2 is 2.05 bits per heavy atom. The molecule has 0 heterocycles. The van der Waals surface area contributed by atoms with Crippen molar-refractivity contribution in [3.63, 3.8) is 0 Å². The average molecular weight is 256 g/mol. The summed E-state index contributed by atoms with van der Waals surface area (Å²) in [6, 6.07) is 11.4. The van der Waals surface area contributed by atoms with E-state index in [9.17, 15) is 4.39 Å². The number of ether oxygens (including phenoxy) is 1. The molecule has 0 fully saturated rings. The molecular formula is C15H13FN2O. The molecule has 0 saturated carbocycles. The largest absolute Gasteiger partial charge is 0.489 e. The van der Waals surface area contributed by atoms with Gasteiger partial charge in [-0.2, -0.15) is 5.26 Å². The zero-order valence-corrected chi connectivity index (χ0v) is 10.5. The minimum absolute atomic E-state index is 0.0755. The summed E-state index contributed by atoms with van der Waals surface area (Å²) >= 11 is 0. The summed E-state index contributed by atoms with van der Waals surface area (Å²) < 4.78 is 19.1. The Morgan fingerprint density at radius 3 is 2.74 bits per heavy atom. The molecule has 3 nitrogen and oxygen atoms in total. The number of hydrogen-bond donors (Lipinski definition) is 1. The third-order valence-corrected chi connectivity index (χ3v) is 2.76. The van der Waals surface area contributed by atoms with Crippen LogP contribution in [-0.2, 0) is 6.61 Å². The number of aryl methyl sites for hydroxylation is 1. The van der Waals surface area contributed by atoms with E-state index in [1.54, 1.807) is 18.2 Å². The van der Waals surface area contributed by atoms with Crippen LogP contribution in [0.25, 0.3) is 0 Å². The van der Waals surface area contributed by atoms with Crippen molar-refractivity contribution in [1.82, 2.24) is 0 Å². The SMILES string of the molecule is Cc1cc(N)ccc1OCc1cc(C#N)ccc1F. The van der Waals surface area contributed by atoms with Crippen LogP contribution >= 0.6 is 0 Å². The van der Waals surface area contributed by atoms with Crippen LogP contribution in [0, 0.1) is 24.1 Å². The molecule has 0 bridgehead atoms. The fraction of sp³-hybridized carbons (Fsp3) is 0.133. The Balaban J connectivity index is 2.16. The number of benzene rings is 2. The van der Waals surface area contributed by atoms with Crippen LogP contribution in [0.2, 0.25) is 0 Å². The molecule has 19 heavy (non-hydrogen) atoms. The first-order valence-corrected chi connectivity index (χ1v) is 5.77.